The lowest BCUT2D eigenvalue weighted by Crippen LogP contribution is -2.43. The number of nitrogens with zero attached hydrogens (tertiary/aromatic N) is 2. The summed E-state index contributed by atoms with van der Waals surface area (Å²) in [4.78, 5) is 26.9. The number of piperidine rings is 1. The number of H-pyrrole nitrogens is 1. The number of amides is 1. The fourth-order valence-corrected chi connectivity index (χ4v) is 6.09. The van der Waals surface area contributed by atoms with Gasteiger partial charge in [-0.25, -0.2) is 9.49 Å². The van der Waals surface area contributed by atoms with Crippen LogP contribution in [0.5, 0.6) is 0 Å². The number of fused-ring (bicyclic) bond motifs is 2. The van der Waals surface area contributed by atoms with Crippen molar-refractivity contribution in [1.29, 1.82) is 0 Å². The molecule has 30 heavy (non-hydrogen) atoms. The van der Waals surface area contributed by atoms with E-state index >= 15 is 0 Å². The van der Waals surface area contributed by atoms with E-state index in [0.29, 0.717) is 41.8 Å². The molecule has 1 aromatic heterocycles. The lowest BCUT2D eigenvalue weighted by Gasteiger charge is -2.34. The van der Waals surface area contributed by atoms with E-state index in [-0.39, 0.29) is 17.0 Å². The smallest absolute Gasteiger partial charge is 0.272 e. The summed E-state index contributed by atoms with van der Waals surface area (Å²) in [5.74, 6) is 0.951. The number of carbonyl (C=O) groups is 1. The van der Waals surface area contributed by atoms with Gasteiger partial charge < -0.3 is 4.90 Å². The highest BCUT2D eigenvalue weighted by molar-refractivity contribution is 8.00. The van der Waals surface area contributed by atoms with Crippen LogP contribution in [0.15, 0.2) is 47.3 Å². The number of hydrogen-bond donors (Lipinski definition) is 1. The number of benzene rings is 2. The summed E-state index contributed by atoms with van der Waals surface area (Å²) in [6.45, 7) is 1.40. The minimum atomic E-state index is -0.494. The van der Waals surface area contributed by atoms with E-state index in [4.69, 9.17) is 0 Å². The van der Waals surface area contributed by atoms with Crippen molar-refractivity contribution in [3.63, 3.8) is 0 Å². The van der Waals surface area contributed by atoms with Crippen LogP contribution in [-0.2, 0) is 6.42 Å². The largest absolute Gasteiger partial charge is 0.338 e. The van der Waals surface area contributed by atoms with Crippen LogP contribution < -0.4 is 5.56 Å². The van der Waals surface area contributed by atoms with Crippen LogP contribution in [0.2, 0.25) is 0 Å². The van der Waals surface area contributed by atoms with Gasteiger partial charge >= 0.3 is 0 Å². The third-order valence-corrected chi connectivity index (χ3v) is 7.70. The molecule has 0 bridgehead atoms. The molecule has 2 saturated heterocycles. The van der Waals surface area contributed by atoms with Crippen LogP contribution in [0, 0.1) is 11.7 Å². The Labute approximate surface area is 177 Å². The van der Waals surface area contributed by atoms with Crippen molar-refractivity contribution >= 4 is 28.4 Å². The predicted molar refractivity (Wildman–Crippen MR) is 116 cm³/mol. The van der Waals surface area contributed by atoms with E-state index in [0.717, 1.165) is 29.5 Å². The lowest BCUT2D eigenvalue weighted by molar-refractivity contribution is 0.0678. The van der Waals surface area contributed by atoms with Gasteiger partial charge in [-0.1, -0.05) is 24.3 Å². The summed E-state index contributed by atoms with van der Waals surface area (Å²) in [5.41, 5.74) is 1.36. The minimum Gasteiger partial charge on any atom is -0.338 e. The van der Waals surface area contributed by atoms with E-state index in [9.17, 15) is 14.0 Å². The third-order valence-electron chi connectivity index (χ3n) is 6.18. The first kappa shape index (κ1) is 19.3. The predicted octanol–water partition coefficient (Wildman–Crippen LogP) is 3.62. The van der Waals surface area contributed by atoms with Crippen LogP contribution in [0.3, 0.4) is 0 Å². The zero-order valence-electron chi connectivity index (χ0n) is 16.4. The van der Waals surface area contributed by atoms with Gasteiger partial charge in [-0.3, -0.25) is 9.59 Å². The summed E-state index contributed by atoms with van der Waals surface area (Å²) >= 11 is 2.00. The normalized spacial score (nSPS) is 21.0. The summed E-state index contributed by atoms with van der Waals surface area (Å²) in [5, 5.41) is 8.70. The number of halogens is 1. The van der Waals surface area contributed by atoms with E-state index in [1.54, 1.807) is 18.2 Å². The molecule has 0 saturated carbocycles. The zero-order valence-corrected chi connectivity index (χ0v) is 17.3. The Balaban J connectivity index is 1.42. The standard InChI is InChI=1S/C23H22FN3O2S/c24-19-6-5-14(12-20-16-3-1-2-4-17(16)22(28)26-25-20)11-18(19)23(29)27-9-7-21-15(13-27)8-10-30-21/h1-6,11,15,21H,7-10,12-13H2,(H,26,28). The van der Waals surface area contributed by atoms with Gasteiger partial charge in [-0.15, -0.1) is 0 Å². The van der Waals surface area contributed by atoms with Gasteiger partial charge in [0.1, 0.15) is 5.82 Å². The Morgan fingerprint density at radius 1 is 1.20 bits per heavy atom. The van der Waals surface area contributed by atoms with Gasteiger partial charge in [0.2, 0.25) is 0 Å². The molecule has 5 nitrogen and oxygen atoms in total. The van der Waals surface area contributed by atoms with Gasteiger partial charge in [0.15, 0.2) is 0 Å². The average Bonchev–Trinajstić information content (AvgIpc) is 3.24. The molecule has 2 aromatic carbocycles. The Hall–Kier alpha value is -2.67. The van der Waals surface area contributed by atoms with E-state index in [1.165, 1.54) is 6.07 Å². The maximum absolute atomic E-state index is 14.6. The molecule has 5 rings (SSSR count). The number of aromatic amines is 1. The Bertz CT molecular complexity index is 1180. The summed E-state index contributed by atoms with van der Waals surface area (Å²) in [7, 11) is 0. The van der Waals surface area contributed by atoms with Gasteiger partial charge in [-0.2, -0.15) is 16.9 Å². The van der Waals surface area contributed by atoms with Crippen molar-refractivity contribution in [2.75, 3.05) is 18.8 Å². The average molecular weight is 424 g/mol. The van der Waals surface area contributed by atoms with Gasteiger partial charge in [0.25, 0.3) is 11.5 Å². The lowest BCUT2D eigenvalue weighted by atomic mass is 9.94. The number of rotatable bonds is 3. The van der Waals surface area contributed by atoms with Crippen molar-refractivity contribution in [3.05, 3.63) is 75.5 Å². The second-order valence-electron chi connectivity index (χ2n) is 8.03. The number of thioether (sulfide) groups is 1. The van der Waals surface area contributed by atoms with E-state index in [2.05, 4.69) is 10.2 Å². The van der Waals surface area contributed by atoms with Crippen LogP contribution in [0.4, 0.5) is 4.39 Å². The molecular weight excluding hydrogens is 401 g/mol. The van der Waals surface area contributed by atoms with Crippen LogP contribution in [0.1, 0.15) is 34.5 Å². The monoisotopic (exact) mass is 423 g/mol. The number of hydrogen-bond acceptors (Lipinski definition) is 4. The third kappa shape index (κ3) is 3.51. The maximum Gasteiger partial charge on any atom is 0.272 e. The molecule has 154 valence electrons. The molecule has 3 aromatic rings. The maximum atomic E-state index is 14.6. The first-order chi connectivity index (χ1) is 14.6. The van der Waals surface area contributed by atoms with Crippen molar-refractivity contribution < 1.29 is 9.18 Å². The van der Waals surface area contributed by atoms with Crippen molar-refractivity contribution in [1.82, 2.24) is 15.1 Å². The first-order valence-corrected chi connectivity index (χ1v) is 11.3. The minimum absolute atomic E-state index is 0.116. The molecule has 1 N–H and O–H groups in total. The fraction of sp³-hybridized carbons (Fsp3) is 0.348. The Kier molecular flexibility index (Phi) is 5.06. The molecule has 0 radical (unpaired) electrons. The molecule has 0 aliphatic carbocycles. The summed E-state index contributed by atoms with van der Waals surface area (Å²) in [6.07, 6.45) is 2.52. The second-order valence-corrected chi connectivity index (χ2v) is 9.38. The van der Waals surface area contributed by atoms with Gasteiger partial charge in [0.05, 0.1) is 16.6 Å². The van der Waals surface area contributed by atoms with Crippen LogP contribution in [-0.4, -0.2) is 45.1 Å². The molecule has 2 fully saturated rings. The molecule has 2 unspecified atom stereocenters. The summed E-state index contributed by atoms with van der Waals surface area (Å²) < 4.78 is 14.6. The Morgan fingerprint density at radius 3 is 2.90 bits per heavy atom. The molecule has 2 aliphatic heterocycles. The highest BCUT2D eigenvalue weighted by atomic mass is 32.2. The van der Waals surface area contributed by atoms with E-state index in [1.807, 2.05) is 34.9 Å². The molecule has 7 heteroatoms. The number of carbonyl (C=O) groups excluding carboxylic acids is 1. The molecule has 0 spiro atoms. The molecule has 2 atom stereocenters. The quantitative estimate of drug-likeness (QED) is 0.699. The topological polar surface area (TPSA) is 66.1 Å². The summed E-state index contributed by atoms with van der Waals surface area (Å²) in [6, 6.07) is 11.9. The van der Waals surface area contributed by atoms with E-state index < -0.39 is 5.82 Å². The van der Waals surface area contributed by atoms with Crippen molar-refractivity contribution in [2.24, 2.45) is 5.92 Å². The van der Waals surface area contributed by atoms with Crippen LogP contribution >= 0.6 is 11.8 Å². The molecule has 3 heterocycles. The molecular formula is C23H22FN3O2S. The SMILES string of the molecule is O=C(c1cc(Cc2n[nH]c(=O)c3ccccc23)ccc1F)N1CCC2SCCC2C1. The zero-order chi connectivity index (χ0) is 20.7. The highest BCUT2D eigenvalue weighted by Crippen LogP contribution is 2.38. The van der Waals surface area contributed by atoms with Crippen LogP contribution in [0.25, 0.3) is 10.8 Å². The van der Waals surface area contributed by atoms with Gasteiger partial charge in [0, 0.05) is 30.1 Å². The van der Waals surface area contributed by atoms with Crippen molar-refractivity contribution in [3.8, 4) is 0 Å². The first-order valence-electron chi connectivity index (χ1n) is 10.3. The van der Waals surface area contributed by atoms with Crippen molar-refractivity contribution in [2.45, 2.75) is 24.5 Å². The molecule has 1 amide bonds. The highest BCUT2D eigenvalue weighted by Gasteiger charge is 2.35. The number of likely N-dealkylation sites (tertiary alicyclic amines) is 1. The Morgan fingerprint density at radius 2 is 2.03 bits per heavy atom. The second kappa shape index (κ2) is 7.87. The van der Waals surface area contributed by atoms with Gasteiger partial charge in [-0.05, 0) is 48.3 Å². The number of aromatic nitrogens is 2. The molecule has 2 aliphatic rings. The number of nitrogens with one attached hydrogen (secondary N) is 1. The fourth-order valence-electron chi connectivity index (χ4n) is 4.58.